The molecule has 0 aliphatic carbocycles. The third-order valence-corrected chi connectivity index (χ3v) is 3.50. The van der Waals surface area contributed by atoms with E-state index >= 15 is 0 Å². The second-order valence-corrected chi connectivity index (χ2v) is 4.98. The summed E-state index contributed by atoms with van der Waals surface area (Å²) in [6.07, 6.45) is 4.99. The lowest BCUT2D eigenvalue weighted by Crippen LogP contribution is -2.37. The van der Waals surface area contributed by atoms with Crippen molar-refractivity contribution in [3.05, 3.63) is 35.2 Å². The first kappa shape index (κ1) is 12.0. The van der Waals surface area contributed by atoms with Crippen molar-refractivity contribution in [2.45, 2.75) is 6.42 Å². The van der Waals surface area contributed by atoms with Crippen LogP contribution in [0, 0.1) is 0 Å². The number of morpholine rings is 1. The summed E-state index contributed by atoms with van der Waals surface area (Å²) >= 11 is 5.95. The summed E-state index contributed by atoms with van der Waals surface area (Å²) in [7, 11) is 0. The summed E-state index contributed by atoms with van der Waals surface area (Å²) in [4.78, 5) is 7.00. The van der Waals surface area contributed by atoms with Gasteiger partial charge in [-0.3, -0.25) is 4.90 Å². The van der Waals surface area contributed by atoms with Crippen molar-refractivity contribution in [3.63, 3.8) is 0 Å². The van der Waals surface area contributed by atoms with E-state index < -0.39 is 0 Å². The van der Waals surface area contributed by atoms with Crippen molar-refractivity contribution < 1.29 is 4.74 Å². The van der Waals surface area contributed by atoms with Crippen LogP contribution in [-0.2, 0) is 11.2 Å². The van der Waals surface area contributed by atoms with Crippen molar-refractivity contribution in [3.8, 4) is 0 Å². The van der Waals surface area contributed by atoms with E-state index in [9.17, 15) is 0 Å². The van der Waals surface area contributed by atoms with Gasteiger partial charge in [-0.1, -0.05) is 11.6 Å². The van der Waals surface area contributed by atoms with Gasteiger partial charge in [-0.05, 0) is 12.1 Å². The molecule has 4 nitrogen and oxygen atoms in total. The van der Waals surface area contributed by atoms with Gasteiger partial charge >= 0.3 is 0 Å². The lowest BCUT2D eigenvalue weighted by molar-refractivity contribution is 0.0383. The largest absolute Gasteiger partial charge is 0.379 e. The Labute approximate surface area is 111 Å². The molecule has 1 aliphatic rings. The summed E-state index contributed by atoms with van der Waals surface area (Å²) in [5.74, 6) is 0. The number of aromatic nitrogens is 2. The first-order chi connectivity index (χ1) is 8.81. The molecular formula is C13H16ClN3O. The summed E-state index contributed by atoms with van der Waals surface area (Å²) in [6.45, 7) is 4.79. The van der Waals surface area contributed by atoms with E-state index in [0.717, 1.165) is 55.6 Å². The van der Waals surface area contributed by atoms with E-state index in [4.69, 9.17) is 16.3 Å². The third kappa shape index (κ3) is 2.66. The minimum Gasteiger partial charge on any atom is -0.379 e. The Morgan fingerprint density at radius 1 is 1.33 bits per heavy atom. The molecule has 3 heterocycles. The third-order valence-electron chi connectivity index (χ3n) is 3.26. The van der Waals surface area contributed by atoms with Crippen LogP contribution < -0.4 is 0 Å². The highest BCUT2D eigenvalue weighted by Gasteiger charge is 2.11. The number of halogens is 1. The molecule has 18 heavy (non-hydrogen) atoms. The van der Waals surface area contributed by atoms with Gasteiger partial charge in [0.25, 0.3) is 0 Å². The Morgan fingerprint density at radius 3 is 3.00 bits per heavy atom. The van der Waals surface area contributed by atoms with E-state index in [1.54, 1.807) is 0 Å². The SMILES string of the molecule is Clc1ccn2cc(CCN3CCOCC3)nc2c1. The maximum Gasteiger partial charge on any atom is 0.138 e. The number of imidazole rings is 1. The maximum atomic E-state index is 5.95. The first-order valence-corrected chi connectivity index (χ1v) is 6.62. The average Bonchev–Trinajstić information content (AvgIpc) is 2.79. The molecule has 2 aromatic rings. The molecule has 0 saturated carbocycles. The Kier molecular flexibility index (Phi) is 3.50. The fourth-order valence-corrected chi connectivity index (χ4v) is 2.38. The number of rotatable bonds is 3. The quantitative estimate of drug-likeness (QED) is 0.849. The van der Waals surface area contributed by atoms with Crippen LogP contribution >= 0.6 is 11.6 Å². The molecule has 0 amide bonds. The minimum atomic E-state index is 0.729. The smallest absolute Gasteiger partial charge is 0.138 e. The molecule has 0 atom stereocenters. The zero-order chi connectivity index (χ0) is 12.4. The number of nitrogens with zero attached hydrogens (tertiary/aromatic N) is 3. The fraction of sp³-hybridized carbons (Fsp3) is 0.462. The van der Waals surface area contributed by atoms with Crippen LogP contribution in [0.4, 0.5) is 0 Å². The Bertz CT molecular complexity index is 534. The summed E-state index contributed by atoms with van der Waals surface area (Å²) in [6, 6.07) is 3.77. The van der Waals surface area contributed by atoms with Gasteiger partial charge in [0.2, 0.25) is 0 Å². The number of hydrogen-bond acceptors (Lipinski definition) is 3. The van der Waals surface area contributed by atoms with Gasteiger partial charge in [-0.2, -0.15) is 0 Å². The van der Waals surface area contributed by atoms with Crippen molar-refractivity contribution in [2.75, 3.05) is 32.8 Å². The summed E-state index contributed by atoms with van der Waals surface area (Å²) in [5.41, 5.74) is 2.03. The molecule has 0 aromatic carbocycles. The van der Waals surface area contributed by atoms with Crippen LogP contribution in [0.25, 0.3) is 5.65 Å². The molecule has 0 bridgehead atoms. The van der Waals surface area contributed by atoms with Crippen molar-refractivity contribution in [2.24, 2.45) is 0 Å². The molecule has 1 aliphatic heterocycles. The lowest BCUT2D eigenvalue weighted by Gasteiger charge is -2.26. The monoisotopic (exact) mass is 265 g/mol. The van der Waals surface area contributed by atoms with E-state index in [1.807, 2.05) is 22.7 Å². The van der Waals surface area contributed by atoms with Gasteiger partial charge in [-0.15, -0.1) is 0 Å². The van der Waals surface area contributed by atoms with Crippen LogP contribution in [-0.4, -0.2) is 47.1 Å². The van der Waals surface area contributed by atoms with Gasteiger partial charge in [0, 0.05) is 43.5 Å². The molecule has 1 fully saturated rings. The molecule has 96 valence electrons. The molecule has 0 spiro atoms. The zero-order valence-electron chi connectivity index (χ0n) is 10.2. The summed E-state index contributed by atoms with van der Waals surface area (Å²) < 4.78 is 7.35. The molecular weight excluding hydrogens is 250 g/mol. The standard InChI is InChI=1S/C13H16ClN3O/c14-11-1-4-17-10-12(15-13(17)9-11)2-3-16-5-7-18-8-6-16/h1,4,9-10H,2-3,5-8H2. The predicted octanol–water partition coefficient (Wildman–Crippen LogP) is 1.86. The molecule has 2 aromatic heterocycles. The van der Waals surface area contributed by atoms with Crippen LogP contribution in [0.2, 0.25) is 5.02 Å². The molecule has 0 radical (unpaired) electrons. The molecule has 3 rings (SSSR count). The Morgan fingerprint density at radius 2 is 2.17 bits per heavy atom. The topological polar surface area (TPSA) is 29.8 Å². The normalized spacial score (nSPS) is 17.4. The molecule has 0 N–H and O–H groups in total. The van der Waals surface area contributed by atoms with Crippen molar-refractivity contribution in [1.82, 2.24) is 14.3 Å². The van der Waals surface area contributed by atoms with Gasteiger partial charge in [-0.25, -0.2) is 4.98 Å². The highest BCUT2D eigenvalue weighted by molar-refractivity contribution is 6.30. The van der Waals surface area contributed by atoms with E-state index in [1.165, 1.54) is 0 Å². The second kappa shape index (κ2) is 5.26. The first-order valence-electron chi connectivity index (χ1n) is 6.24. The summed E-state index contributed by atoms with van der Waals surface area (Å²) in [5, 5.41) is 0.729. The van der Waals surface area contributed by atoms with Crippen LogP contribution in [0.1, 0.15) is 5.69 Å². The van der Waals surface area contributed by atoms with E-state index in [0.29, 0.717) is 0 Å². The zero-order valence-corrected chi connectivity index (χ0v) is 10.9. The number of hydrogen-bond donors (Lipinski definition) is 0. The van der Waals surface area contributed by atoms with Crippen molar-refractivity contribution in [1.29, 1.82) is 0 Å². The van der Waals surface area contributed by atoms with Gasteiger partial charge in [0.15, 0.2) is 0 Å². The fourth-order valence-electron chi connectivity index (χ4n) is 2.23. The van der Waals surface area contributed by atoms with Crippen LogP contribution in [0.3, 0.4) is 0 Å². The molecule has 5 heteroatoms. The highest BCUT2D eigenvalue weighted by Crippen LogP contribution is 2.13. The van der Waals surface area contributed by atoms with Gasteiger partial charge in [0.1, 0.15) is 5.65 Å². The lowest BCUT2D eigenvalue weighted by atomic mass is 10.3. The highest BCUT2D eigenvalue weighted by atomic mass is 35.5. The van der Waals surface area contributed by atoms with Crippen LogP contribution in [0.15, 0.2) is 24.5 Å². The van der Waals surface area contributed by atoms with Gasteiger partial charge in [0.05, 0.1) is 18.9 Å². The van der Waals surface area contributed by atoms with Crippen LogP contribution in [0.5, 0.6) is 0 Å². The number of pyridine rings is 1. The molecule has 1 saturated heterocycles. The maximum absolute atomic E-state index is 5.95. The van der Waals surface area contributed by atoms with E-state index in [-0.39, 0.29) is 0 Å². The predicted molar refractivity (Wildman–Crippen MR) is 71.2 cm³/mol. The second-order valence-electron chi connectivity index (χ2n) is 4.55. The Hall–Kier alpha value is -1.10. The number of fused-ring (bicyclic) bond motifs is 1. The molecule has 0 unspecified atom stereocenters. The van der Waals surface area contributed by atoms with Gasteiger partial charge < -0.3 is 9.14 Å². The van der Waals surface area contributed by atoms with E-state index in [2.05, 4.69) is 16.1 Å². The number of ether oxygens (including phenoxy) is 1. The average molecular weight is 266 g/mol. The Balaban J connectivity index is 1.67. The minimum absolute atomic E-state index is 0.729. The van der Waals surface area contributed by atoms with Crippen molar-refractivity contribution >= 4 is 17.2 Å².